The second-order valence-corrected chi connectivity index (χ2v) is 3.29. The molecular weight excluding hydrogens is 242 g/mol. The van der Waals surface area contributed by atoms with E-state index in [0.29, 0.717) is 0 Å². The van der Waals surface area contributed by atoms with Crippen LogP contribution in [0, 0.1) is 18.2 Å². The van der Waals surface area contributed by atoms with Crippen molar-refractivity contribution in [3.63, 3.8) is 0 Å². The number of carbonyl (C=O) groups is 1. The standard InChI is InChI=1S/C10H5Cl2FO2/c1-2-3-15-9-7(11)4-6(10(12)14)5-8(9)13/h1,4-5H,3H2. The molecule has 0 heterocycles. The first-order chi connectivity index (χ1) is 7.06. The number of rotatable bonds is 3. The molecule has 0 fully saturated rings. The third kappa shape index (κ3) is 2.85. The van der Waals surface area contributed by atoms with E-state index in [-0.39, 0.29) is 22.9 Å². The van der Waals surface area contributed by atoms with Crippen LogP contribution in [0.5, 0.6) is 5.75 Å². The van der Waals surface area contributed by atoms with E-state index in [4.69, 9.17) is 34.4 Å². The number of carbonyl (C=O) groups excluding carboxylic acids is 1. The summed E-state index contributed by atoms with van der Waals surface area (Å²) in [6.45, 7) is -0.106. The van der Waals surface area contributed by atoms with Crippen molar-refractivity contribution in [2.75, 3.05) is 6.61 Å². The smallest absolute Gasteiger partial charge is 0.252 e. The monoisotopic (exact) mass is 246 g/mol. The minimum Gasteiger partial charge on any atom is -0.476 e. The van der Waals surface area contributed by atoms with E-state index in [1.165, 1.54) is 6.07 Å². The molecule has 2 nitrogen and oxygen atoms in total. The highest BCUT2D eigenvalue weighted by Gasteiger charge is 2.13. The summed E-state index contributed by atoms with van der Waals surface area (Å²) in [5.74, 6) is 1.21. The first-order valence-electron chi connectivity index (χ1n) is 3.81. The minimum absolute atomic E-state index is 0.0350. The van der Waals surface area contributed by atoms with Gasteiger partial charge in [-0.3, -0.25) is 4.79 Å². The molecule has 0 spiro atoms. The summed E-state index contributed by atoms with van der Waals surface area (Å²) in [5, 5.41) is -0.839. The molecule has 0 aromatic heterocycles. The molecular formula is C10H5Cl2FO2. The van der Waals surface area contributed by atoms with E-state index >= 15 is 0 Å². The molecule has 1 aromatic carbocycles. The van der Waals surface area contributed by atoms with Gasteiger partial charge in [-0.2, -0.15) is 0 Å². The van der Waals surface area contributed by atoms with Crippen LogP contribution in [0.3, 0.4) is 0 Å². The van der Waals surface area contributed by atoms with E-state index in [0.717, 1.165) is 6.07 Å². The zero-order valence-corrected chi connectivity index (χ0v) is 8.90. The van der Waals surface area contributed by atoms with Crippen LogP contribution in [0.2, 0.25) is 5.02 Å². The zero-order chi connectivity index (χ0) is 11.4. The van der Waals surface area contributed by atoms with Crippen LogP contribution in [0.4, 0.5) is 4.39 Å². The number of halogens is 3. The van der Waals surface area contributed by atoms with Gasteiger partial charge in [-0.25, -0.2) is 4.39 Å². The SMILES string of the molecule is C#CCOc1c(F)cc(C(=O)Cl)cc1Cl. The van der Waals surface area contributed by atoms with Gasteiger partial charge in [0.2, 0.25) is 0 Å². The third-order valence-corrected chi connectivity index (χ3v) is 2.02. The fourth-order valence-electron chi connectivity index (χ4n) is 0.925. The molecule has 1 aromatic rings. The molecule has 0 radical (unpaired) electrons. The topological polar surface area (TPSA) is 26.3 Å². The van der Waals surface area contributed by atoms with Gasteiger partial charge < -0.3 is 4.74 Å². The van der Waals surface area contributed by atoms with Gasteiger partial charge in [0.1, 0.15) is 6.61 Å². The van der Waals surface area contributed by atoms with Gasteiger partial charge >= 0.3 is 0 Å². The lowest BCUT2D eigenvalue weighted by Crippen LogP contribution is -1.99. The Balaban J connectivity index is 3.11. The predicted octanol–water partition coefficient (Wildman–Crippen LogP) is 2.87. The quantitative estimate of drug-likeness (QED) is 0.606. The fourth-order valence-corrected chi connectivity index (χ4v) is 1.30. The summed E-state index contributed by atoms with van der Waals surface area (Å²) in [5.41, 5.74) is -0.0350. The molecule has 0 amide bonds. The Kier molecular flexibility index (Phi) is 3.96. The molecule has 5 heteroatoms. The molecule has 15 heavy (non-hydrogen) atoms. The van der Waals surface area contributed by atoms with E-state index in [9.17, 15) is 9.18 Å². The van der Waals surface area contributed by atoms with Crippen molar-refractivity contribution in [2.45, 2.75) is 0 Å². The Morgan fingerprint density at radius 2 is 2.27 bits per heavy atom. The average Bonchev–Trinajstić information content (AvgIpc) is 2.16. The molecule has 0 saturated heterocycles. The summed E-state index contributed by atoms with van der Waals surface area (Å²) in [6, 6.07) is 2.15. The molecule has 0 aliphatic carbocycles. The molecule has 0 unspecified atom stereocenters. The third-order valence-electron chi connectivity index (χ3n) is 1.53. The molecule has 0 N–H and O–H groups in total. The maximum Gasteiger partial charge on any atom is 0.252 e. The van der Waals surface area contributed by atoms with Crippen molar-refractivity contribution in [1.29, 1.82) is 0 Å². The lowest BCUT2D eigenvalue weighted by molar-refractivity contribution is 0.108. The van der Waals surface area contributed by atoms with Crippen molar-refractivity contribution in [2.24, 2.45) is 0 Å². The highest BCUT2D eigenvalue weighted by atomic mass is 35.5. The number of terminal acetylenes is 1. The van der Waals surface area contributed by atoms with Crippen LogP contribution in [0.25, 0.3) is 0 Å². The highest BCUT2D eigenvalue weighted by molar-refractivity contribution is 6.67. The summed E-state index contributed by atoms with van der Waals surface area (Å²) in [6.07, 6.45) is 4.94. The fraction of sp³-hybridized carbons (Fsp3) is 0.100. The lowest BCUT2D eigenvalue weighted by atomic mass is 10.2. The molecule has 1 rings (SSSR count). The van der Waals surface area contributed by atoms with E-state index in [1.54, 1.807) is 0 Å². The Labute approximate surface area is 95.9 Å². The van der Waals surface area contributed by atoms with Crippen LogP contribution in [0.15, 0.2) is 12.1 Å². The van der Waals surface area contributed by atoms with Crippen LogP contribution >= 0.6 is 23.2 Å². The Morgan fingerprint density at radius 1 is 1.60 bits per heavy atom. The van der Waals surface area contributed by atoms with E-state index in [2.05, 4.69) is 5.92 Å². The number of ether oxygens (including phenoxy) is 1. The normalized spacial score (nSPS) is 9.47. The van der Waals surface area contributed by atoms with Gasteiger partial charge in [-0.15, -0.1) is 6.42 Å². The zero-order valence-electron chi connectivity index (χ0n) is 7.39. The van der Waals surface area contributed by atoms with E-state index in [1.807, 2.05) is 0 Å². The predicted molar refractivity (Wildman–Crippen MR) is 55.9 cm³/mol. The van der Waals surface area contributed by atoms with Gasteiger partial charge in [0.05, 0.1) is 5.02 Å². The van der Waals surface area contributed by atoms with Crippen molar-refractivity contribution in [3.8, 4) is 18.1 Å². The van der Waals surface area contributed by atoms with Crippen molar-refractivity contribution >= 4 is 28.4 Å². The van der Waals surface area contributed by atoms with Crippen LogP contribution in [-0.4, -0.2) is 11.8 Å². The highest BCUT2D eigenvalue weighted by Crippen LogP contribution is 2.29. The van der Waals surface area contributed by atoms with Gasteiger partial charge in [0.15, 0.2) is 11.6 Å². The van der Waals surface area contributed by atoms with Crippen molar-refractivity contribution in [1.82, 2.24) is 0 Å². The molecule has 0 aliphatic rings. The summed E-state index contributed by atoms with van der Waals surface area (Å²) < 4.78 is 18.2. The maximum atomic E-state index is 13.3. The lowest BCUT2D eigenvalue weighted by Gasteiger charge is -2.06. The van der Waals surface area contributed by atoms with Crippen LogP contribution < -0.4 is 4.74 Å². The Morgan fingerprint density at radius 3 is 2.73 bits per heavy atom. The number of hydrogen-bond acceptors (Lipinski definition) is 2. The summed E-state index contributed by atoms with van der Waals surface area (Å²) >= 11 is 10.8. The summed E-state index contributed by atoms with van der Waals surface area (Å²) in [7, 11) is 0. The molecule has 0 bridgehead atoms. The minimum atomic E-state index is -0.792. The Bertz CT molecular complexity index is 415. The second-order valence-electron chi connectivity index (χ2n) is 2.54. The van der Waals surface area contributed by atoms with Crippen molar-refractivity contribution < 1.29 is 13.9 Å². The van der Waals surface area contributed by atoms with Gasteiger partial charge in [-0.05, 0) is 23.7 Å². The van der Waals surface area contributed by atoms with Crippen LogP contribution in [-0.2, 0) is 0 Å². The largest absolute Gasteiger partial charge is 0.476 e. The molecule has 0 aliphatic heterocycles. The van der Waals surface area contributed by atoms with E-state index < -0.39 is 11.1 Å². The Hall–Kier alpha value is -1.24. The first-order valence-corrected chi connectivity index (χ1v) is 4.57. The molecule has 0 saturated carbocycles. The molecule has 78 valence electrons. The molecule has 0 atom stereocenters. The average molecular weight is 247 g/mol. The van der Waals surface area contributed by atoms with Crippen molar-refractivity contribution in [3.05, 3.63) is 28.5 Å². The van der Waals surface area contributed by atoms with Gasteiger partial charge in [-0.1, -0.05) is 17.5 Å². The summed E-state index contributed by atoms with van der Waals surface area (Å²) in [4.78, 5) is 10.7. The number of hydrogen-bond donors (Lipinski definition) is 0. The van der Waals surface area contributed by atoms with Gasteiger partial charge in [0.25, 0.3) is 5.24 Å². The first kappa shape index (κ1) is 11.8. The second kappa shape index (κ2) is 5.01. The van der Waals surface area contributed by atoms with Crippen LogP contribution in [0.1, 0.15) is 10.4 Å². The van der Waals surface area contributed by atoms with Gasteiger partial charge in [0, 0.05) is 5.56 Å². The maximum absolute atomic E-state index is 13.3. The number of benzene rings is 1.